The predicted octanol–water partition coefficient (Wildman–Crippen LogP) is 2.41. The Labute approximate surface area is 159 Å². The van der Waals surface area contributed by atoms with Crippen molar-refractivity contribution >= 4 is 33.4 Å². The smallest absolute Gasteiger partial charge is 0.305 e. The largest absolute Gasteiger partial charge is 0.481 e. The molecule has 2 heterocycles. The molecule has 0 aliphatic rings. The maximum absolute atomic E-state index is 13.0. The number of hydrogen-bond acceptors (Lipinski definition) is 5. The van der Waals surface area contributed by atoms with E-state index in [1.807, 2.05) is 37.3 Å². The molecule has 3 aromatic rings. The molecule has 2 N–H and O–H groups in total. The lowest BCUT2D eigenvalue weighted by molar-refractivity contribution is -0.136. The van der Waals surface area contributed by atoms with Crippen LogP contribution in [0.5, 0.6) is 0 Å². The number of aryl methyl sites for hydroxylation is 2. The molecule has 0 aliphatic heterocycles. The second kappa shape index (κ2) is 8.13. The number of rotatable bonds is 7. The van der Waals surface area contributed by atoms with Crippen LogP contribution in [0.4, 0.5) is 0 Å². The zero-order valence-electron chi connectivity index (χ0n) is 14.8. The second-order valence-corrected chi connectivity index (χ2v) is 7.27. The second-order valence-electron chi connectivity index (χ2n) is 6.07. The summed E-state index contributed by atoms with van der Waals surface area (Å²) in [4.78, 5) is 41.4. The Morgan fingerprint density at radius 3 is 2.67 bits per heavy atom. The van der Waals surface area contributed by atoms with Crippen molar-refractivity contribution < 1.29 is 14.7 Å². The number of fused-ring (bicyclic) bond motifs is 1. The summed E-state index contributed by atoms with van der Waals surface area (Å²) >= 11 is 1.48. The fourth-order valence-corrected chi connectivity index (χ4v) is 3.87. The van der Waals surface area contributed by atoms with E-state index in [0.717, 1.165) is 16.0 Å². The molecule has 0 bridgehead atoms. The van der Waals surface area contributed by atoms with Gasteiger partial charge in [0.05, 0.1) is 18.1 Å². The molecule has 2 aromatic heterocycles. The van der Waals surface area contributed by atoms with Gasteiger partial charge < -0.3 is 10.4 Å². The fourth-order valence-electron chi connectivity index (χ4n) is 2.87. The Morgan fingerprint density at radius 2 is 1.96 bits per heavy atom. The minimum atomic E-state index is -0.970. The molecule has 0 saturated carbocycles. The average Bonchev–Trinajstić information content (AvgIpc) is 2.98. The number of thiophene rings is 1. The highest BCUT2D eigenvalue weighted by Gasteiger charge is 2.17. The van der Waals surface area contributed by atoms with E-state index in [4.69, 9.17) is 5.11 Å². The number of nitrogens with zero attached hydrogens (tertiary/aromatic N) is 2. The predicted molar refractivity (Wildman–Crippen MR) is 104 cm³/mol. The number of carbonyl (C=O) groups excluding carboxylic acids is 1. The summed E-state index contributed by atoms with van der Waals surface area (Å²) in [7, 11) is 0. The summed E-state index contributed by atoms with van der Waals surface area (Å²) in [6.45, 7) is 2.22. The molecule has 0 spiro atoms. The number of carboxylic acids is 1. The highest BCUT2D eigenvalue weighted by molar-refractivity contribution is 7.19. The third-order valence-corrected chi connectivity index (χ3v) is 5.17. The van der Waals surface area contributed by atoms with Crippen LogP contribution in [0.2, 0.25) is 0 Å². The topological polar surface area (TPSA) is 101 Å². The third kappa shape index (κ3) is 4.22. The number of nitrogens with one attached hydrogen (secondary N) is 1. The van der Waals surface area contributed by atoms with Gasteiger partial charge in [0.25, 0.3) is 5.56 Å². The first-order chi connectivity index (χ1) is 13.0. The number of hydrogen-bond donors (Lipinski definition) is 2. The molecule has 0 atom stereocenters. The summed E-state index contributed by atoms with van der Waals surface area (Å²) in [5.41, 5.74) is 1.67. The van der Waals surface area contributed by atoms with Gasteiger partial charge in [0, 0.05) is 30.0 Å². The quantitative estimate of drug-likeness (QED) is 0.650. The van der Waals surface area contributed by atoms with E-state index in [9.17, 15) is 14.4 Å². The van der Waals surface area contributed by atoms with E-state index in [1.165, 1.54) is 22.2 Å². The number of carboxylic acid groups (broad SMARTS) is 1. The lowest BCUT2D eigenvalue weighted by atomic mass is 10.0. The highest BCUT2D eigenvalue weighted by Crippen LogP contribution is 2.35. The van der Waals surface area contributed by atoms with E-state index in [0.29, 0.717) is 10.2 Å². The molecule has 1 aromatic carbocycles. The Morgan fingerprint density at radius 1 is 1.22 bits per heavy atom. The van der Waals surface area contributed by atoms with Crippen LogP contribution < -0.4 is 10.9 Å². The molecule has 3 rings (SSSR count). The fraction of sp³-hybridized carbons (Fsp3) is 0.263. The molecular formula is C19H19N3O4S. The number of aliphatic carboxylic acids is 1. The normalized spacial score (nSPS) is 10.9. The zero-order chi connectivity index (χ0) is 19.4. The molecule has 0 saturated heterocycles. The van der Waals surface area contributed by atoms with Gasteiger partial charge in [-0.3, -0.25) is 19.0 Å². The molecule has 140 valence electrons. The minimum Gasteiger partial charge on any atom is -0.481 e. The Kier molecular flexibility index (Phi) is 5.66. The van der Waals surface area contributed by atoms with Crippen molar-refractivity contribution in [2.24, 2.45) is 0 Å². The van der Waals surface area contributed by atoms with Gasteiger partial charge in [0.15, 0.2) is 0 Å². The lowest BCUT2D eigenvalue weighted by Crippen LogP contribution is -2.29. The molecule has 0 aliphatic carbocycles. The van der Waals surface area contributed by atoms with Crippen molar-refractivity contribution in [2.45, 2.75) is 26.3 Å². The third-order valence-electron chi connectivity index (χ3n) is 4.16. The summed E-state index contributed by atoms with van der Waals surface area (Å²) in [6, 6.07) is 9.69. The average molecular weight is 385 g/mol. The first-order valence-corrected chi connectivity index (χ1v) is 9.31. The van der Waals surface area contributed by atoms with Gasteiger partial charge in [-0.05, 0) is 12.5 Å². The molecule has 27 heavy (non-hydrogen) atoms. The van der Waals surface area contributed by atoms with Gasteiger partial charge in [0.2, 0.25) is 5.91 Å². The van der Waals surface area contributed by atoms with Gasteiger partial charge in [-0.1, -0.05) is 30.3 Å². The van der Waals surface area contributed by atoms with Crippen molar-refractivity contribution in [3.8, 4) is 11.1 Å². The highest BCUT2D eigenvalue weighted by atomic mass is 32.1. The van der Waals surface area contributed by atoms with E-state index >= 15 is 0 Å². The van der Waals surface area contributed by atoms with Crippen LogP contribution in [0.1, 0.15) is 17.7 Å². The number of carbonyl (C=O) groups is 2. The van der Waals surface area contributed by atoms with E-state index in [2.05, 4.69) is 10.3 Å². The molecule has 8 heteroatoms. The van der Waals surface area contributed by atoms with Gasteiger partial charge in [-0.2, -0.15) is 0 Å². The lowest BCUT2D eigenvalue weighted by Gasteiger charge is -2.07. The summed E-state index contributed by atoms with van der Waals surface area (Å²) < 4.78 is 1.43. The Balaban J connectivity index is 1.84. The van der Waals surface area contributed by atoms with Crippen molar-refractivity contribution in [3.63, 3.8) is 0 Å². The SMILES string of the molecule is Cc1sc2ncn(CCC(=O)NCCC(=O)O)c(=O)c2c1-c1ccccc1. The number of benzene rings is 1. The van der Waals surface area contributed by atoms with E-state index in [1.54, 1.807) is 0 Å². The van der Waals surface area contributed by atoms with Gasteiger partial charge >= 0.3 is 5.97 Å². The van der Waals surface area contributed by atoms with Crippen LogP contribution in [-0.2, 0) is 16.1 Å². The monoisotopic (exact) mass is 385 g/mol. The van der Waals surface area contributed by atoms with Crippen molar-refractivity contribution in [3.05, 3.63) is 51.9 Å². The van der Waals surface area contributed by atoms with Gasteiger partial charge in [-0.25, -0.2) is 4.98 Å². The Bertz CT molecular complexity index is 1040. The van der Waals surface area contributed by atoms with Crippen molar-refractivity contribution in [1.29, 1.82) is 0 Å². The van der Waals surface area contributed by atoms with E-state index < -0.39 is 5.97 Å². The molecule has 0 radical (unpaired) electrons. The standard InChI is InChI=1S/C19H19N3O4S/c1-12-16(13-5-3-2-4-6-13)17-18(27-12)21-11-22(19(17)26)10-8-14(23)20-9-7-15(24)25/h2-6,11H,7-10H2,1H3,(H,20,23)(H,24,25). The van der Waals surface area contributed by atoms with Gasteiger partial charge in [-0.15, -0.1) is 11.3 Å². The summed E-state index contributed by atoms with van der Waals surface area (Å²) in [5.74, 6) is -1.27. The maximum Gasteiger partial charge on any atom is 0.305 e. The zero-order valence-corrected chi connectivity index (χ0v) is 15.6. The maximum atomic E-state index is 13.0. The van der Waals surface area contributed by atoms with Crippen LogP contribution in [0.15, 0.2) is 41.5 Å². The van der Waals surface area contributed by atoms with Crippen LogP contribution in [0.3, 0.4) is 0 Å². The van der Waals surface area contributed by atoms with Crippen LogP contribution in [0, 0.1) is 6.92 Å². The number of aromatic nitrogens is 2. The molecule has 1 amide bonds. The van der Waals surface area contributed by atoms with Crippen LogP contribution in [-0.4, -0.2) is 33.1 Å². The first kappa shape index (κ1) is 18.8. The summed E-state index contributed by atoms with van der Waals surface area (Å²) in [5, 5.41) is 11.7. The van der Waals surface area contributed by atoms with Crippen molar-refractivity contribution in [1.82, 2.24) is 14.9 Å². The van der Waals surface area contributed by atoms with Gasteiger partial charge in [0.1, 0.15) is 4.83 Å². The van der Waals surface area contributed by atoms with Crippen molar-refractivity contribution in [2.75, 3.05) is 6.54 Å². The van der Waals surface area contributed by atoms with Crippen LogP contribution in [0.25, 0.3) is 21.3 Å². The summed E-state index contributed by atoms with van der Waals surface area (Å²) in [6.07, 6.45) is 1.41. The molecular weight excluding hydrogens is 366 g/mol. The minimum absolute atomic E-state index is 0.0717. The number of amides is 1. The van der Waals surface area contributed by atoms with Crippen LogP contribution >= 0.6 is 11.3 Å². The first-order valence-electron chi connectivity index (χ1n) is 8.50. The Hall–Kier alpha value is -3.00. The molecule has 7 nitrogen and oxygen atoms in total. The molecule has 0 unspecified atom stereocenters. The van der Waals surface area contributed by atoms with E-state index in [-0.39, 0.29) is 37.4 Å². The molecule has 0 fully saturated rings.